The smallest absolute Gasteiger partial charge is 0.181 e. The maximum atomic E-state index is 10.8. The van der Waals surface area contributed by atoms with Crippen LogP contribution < -0.4 is 5.43 Å². The lowest BCUT2D eigenvalue weighted by atomic mass is 9.92. The molecule has 0 fully saturated rings. The molecule has 1 rings (SSSR count). The number of aromatic nitrogens is 1. The van der Waals surface area contributed by atoms with Gasteiger partial charge in [0, 0.05) is 31.1 Å². The fraction of sp³-hybridized carbons (Fsp3) is 0.545. The second kappa shape index (κ2) is 3.77. The highest BCUT2D eigenvalue weighted by molar-refractivity contribution is 4.93. The Bertz CT molecular complexity index is 299. The molecule has 72 valence electrons. The minimum atomic E-state index is 0.0759. The molecule has 0 saturated heterocycles. The number of hydrogen-bond donors (Lipinski definition) is 0. The van der Waals surface area contributed by atoms with Gasteiger partial charge in [-0.05, 0) is 11.8 Å². The number of nitrogens with zero attached hydrogens (tertiary/aromatic N) is 1. The van der Waals surface area contributed by atoms with E-state index in [1.807, 2.05) is 17.0 Å². The van der Waals surface area contributed by atoms with Gasteiger partial charge in [-0.25, -0.2) is 0 Å². The van der Waals surface area contributed by atoms with Crippen molar-refractivity contribution in [2.75, 3.05) is 0 Å². The fourth-order valence-corrected chi connectivity index (χ4v) is 1.06. The van der Waals surface area contributed by atoms with E-state index in [9.17, 15) is 4.79 Å². The summed E-state index contributed by atoms with van der Waals surface area (Å²) in [5.41, 5.74) is 0.426. The number of aryl methyl sites for hydroxylation is 1. The Morgan fingerprint density at radius 3 is 2.23 bits per heavy atom. The molecule has 0 N–H and O–H groups in total. The first-order chi connectivity index (χ1) is 5.97. The Labute approximate surface area is 79.2 Å². The van der Waals surface area contributed by atoms with Gasteiger partial charge in [-0.15, -0.1) is 0 Å². The van der Waals surface area contributed by atoms with Crippen LogP contribution in [0, 0.1) is 5.41 Å². The Morgan fingerprint density at radius 2 is 1.77 bits per heavy atom. The number of pyridine rings is 1. The van der Waals surface area contributed by atoms with E-state index in [0.29, 0.717) is 5.41 Å². The van der Waals surface area contributed by atoms with Gasteiger partial charge in [-0.2, -0.15) is 0 Å². The molecule has 1 aromatic rings. The van der Waals surface area contributed by atoms with E-state index in [2.05, 4.69) is 20.8 Å². The van der Waals surface area contributed by atoms with E-state index in [1.54, 1.807) is 12.1 Å². The summed E-state index contributed by atoms with van der Waals surface area (Å²) in [6.07, 6.45) is 4.80. The van der Waals surface area contributed by atoms with Crippen LogP contribution in [0.2, 0.25) is 0 Å². The van der Waals surface area contributed by atoms with E-state index in [1.165, 1.54) is 0 Å². The molecule has 2 heteroatoms. The van der Waals surface area contributed by atoms with Crippen molar-refractivity contribution in [1.82, 2.24) is 4.57 Å². The van der Waals surface area contributed by atoms with E-state index in [0.717, 1.165) is 13.0 Å². The summed E-state index contributed by atoms with van der Waals surface area (Å²) in [4.78, 5) is 10.8. The summed E-state index contributed by atoms with van der Waals surface area (Å²) in [5.74, 6) is 0. The Morgan fingerprint density at radius 1 is 1.23 bits per heavy atom. The van der Waals surface area contributed by atoms with Crippen LogP contribution in [0.25, 0.3) is 0 Å². The lowest BCUT2D eigenvalue weighted by molar-refractivity contribution is 0.350. The minimum Gasteiger partial charge on any atom is -0.354 e. The van der Waals surface area contributed by atoms with Crippen molar-refractivity contribution in [2.24, 2.45) is 5.41 Å². The van der Waals surface area contributed by atoms with Gasteiger partial charge in [0.05, 0.1) is 0 Å². The van der Waals surface area contributed by atoms with Gasteiger partial charge in [0.15, 0.2) is 5.43 Å². The molecule has 2 nitrogen and oxygen atoms in total. The monoisotopic (exact) mass is 179 g/mol. The van der Waals surface area contributed by atoms with Crippen molar-refractivity contribution in [3.05, 3.63) is 34.7 Å². The molecule has 0 amide bonds. The summed E-state index contributed by atoms with van der Waals surface area (Å²) >= 11 is 0. The summed E-state index contributed by atoms with van der Waals surface area (Å²) in [6, 6.07) is 3.20. The Balaban J connectivity index is 2.56. The number of hydrogen-bond acceptors (Lipinski definition) is 1. The van der Waals surface area contributed by atoms with Crippen molar-refractivity contribution in [2.45, 2.75) is 33.7 Å². The van der Waals surface area contributed by atoms with Crippen LogP contribution >= 0.6 is 0 Å². The van der Waals surface area contributed by atoms with Crippen molar-refractivity contribution in [3.8, 4) is 0 Å². The highest BCUT2D eigenvalue weighted by atomic mass is 16.1. The highest BCUT2D eigenvalue weighted by Gasteiger charge is 2.08. The predicted molar refractivity (Wildman–Crippen MR) is 54.8 cm³/mol. The molecule has 0 atom stereocenters. The predicted octanol–water partition coefficient (Wildman–Crippen LogP) is 2.28. The lowest BCUT2D eigenvalue weighted by Crippen LogP contribution is -2.11. The molecule has 0 spiro atoms. The lowest BCUT2D eigenvalue weighted by Gasteiger charge is -2.18. The van der Waals surface area contributed by atoms with Gasteiger partial charge in [-0.1, -0.05) is 20.8 Å². The van der Waals surface area contributed by atoms with Crippen LogP contribution in [0.1, 0.15) is 27.2 Å². The SMILES string of the molecule is CC(C)(C)CCn1ccc(=O)cc1. The van der Waals surface area contributed by atoms with Crippen molar-refractivity contribution in [1.29, 1.82) is 0 Å². The first-order valence-corrected chi connectivity index (χ1v) is 4.63. The molecule has 1 aromatic heterocycles. The quantitative estimate of drug-likeness (QED) is 0.682. The first kappa shape index (κ1) is 10.0. The van der Waals surface area contributed by atoms with E-state index in [4.69, 9.17) is 0 Å². The molecule has 0 unspecified atom stereocenters. The van der Waals surface area contributed by atoms with Gasteiger partial charge in [0.25, 0.3) is 0 Å². The first-order valence-electron chi connectivity index (χ1n) is 4.63. The topological polar surface area (TPSA) is 22.0 Å². The fourth-order valence-electron chi connectivity index (χ4n) is 1.06. The molecule has 0 aliphatic carbocycles. The normalized spacial score (nSPS) is 11.6. The second-order valence-electron chi connectivity index (χ2n) is 4.58. The molecule has 0 radical (unpaired) electrons. The zero-order chi connectivity index (χ0) is 9.90. The summed E-state index contributed by atoms with van der Waals surface area (Å²) in [6.45, 7) is 7.63. The second-order valence-corrected chi connectivity index (χ2v) is 4.58. The van der Waals surface area contributed by atoms with Gasteiger partial charge in [0.1, 0.15) is 0 Å². The van der Waals surface area contributed by atoms with Crippen molar-refractivity contribution in [3.63, 3.8) is 0 Å². The maximum Gasteiger partial charge on any atom is 0.181 e. The van der Waals surface area contributed by atoms with Gasteiger partial charge >= 0.3 is 0 Å². The largest absolute Gasteiger partial charge is 0.354 e. The summed E-state index contributed by atoms with van der Waals surface area (Å²) in [5, 5.41) is 0. The summed E-state index contributed by atoms with van der Waals surface area (Å²) in [7, 11) is 0. The van der Waals surface area contributed by atoms with Crippen LogP contribution in [0.15, 0.2) is 29.3 Å². The highest BCUT2D eigenvalue weighted by Crippen LogP contribution is 2.18. The molecule has 13 heavy (non-hydrogen) atoms. The standard InChI is InChI=1S/C11H17NO/c1-11(2,3)6-9-12-7-4-10(13)5-8-12/h4-5,7-8H,6,9H2,1-3H3. The molecule has 0 bridgehead atoms. The van der Waals surface area contributed by atoms with Crippen molar-refractivity contribution >= 4 is 0 Å². The third-order valence-electron chi connectivity index (χ3n) is 1.98. The third-order valence-corrected chi connectivity index (χ3v) is 1.98. The third kappa shape index (κ3) is 3.92. The number of rotatable bonds is 2. The Hall–Kier alpha value is -1.05. The van der Waals surface area contributed by atoms with E-state index < -0.39 is 0 Å². The van der Waals surface area contributed by atoms with Crippen LogP contribution in [0.5, 0.6) is 0 Å². The zero-order valence-corrected chi connectivity index (χ0v) is 8.58. The van der Waals surface area contributed by atoms with Crippen LogP contribution in [0.4, 0.5) is 0 Å². The minimum absolute atomic E-state index is 0.0759. The molecular formula is C11H17NO. The average molecular weight is 179 g/mol. The Kier molecular flexibility index (Phi) is 2.91. The van der Waals surface area contributed by atoms with Crippen molar-refractivity contribution < 1.29 is 0 Å². The van der Waals surface area contributed by atoms with Crippen LogP contribution in [0.3, 0.4) is 0 Å². The van der Waals surface area contributed by atoms with Crippen LogP contribution in [-0.2, 0) is 6.54 Å². The van der Waals surface area contributed by atoms with Crippen LogP contribution in [-0.4, -0.2) is 4.57 Å². The maximum absolute atomic E-state index is 10.8. The van der Waals surface area contributed by atoms with Gasteiger partial charge in [-0.3, -0.25) is 4.79 Å². The summed E-state index contributed by atoms with van der Waals surface area (Å²) < 4.78 is 2.05. The molecule has 0 aliphatic rings. The molecule has 0 saturated carbocycles. The average Bonchev–Trinajstić information content (AvgIpc) is 2.02. The van der Waals surface area contributed by atoms with E-state index >= 15 is 0 Å². The molecular weight excluding hydrogens is 162 g/mol. The zero-order valence-electron chi connectivity index (χ0n) is 8.58. The molecule has 1 heterocycles. The molecule has 0 aliphatic heterocycles. The van der Waals surface area contributed by atoms with E-state index in [-0.39, 0.29) is 5.43 Å². The van der Waals surface area contributed by atoms with Gasteiger partial charge in [0.2, 0.25) is 0 Å². The van der Waals surface area contributed by atoms with Gasteiger partial charge < -0.3 is 4.57 Å². The molecule has 0 aromatic carbocycles.